The maximum absolute atomic E-state index is 12.9. The van der Waals surface area contributed by atoms with Crippen molar-refractivity contribution in [1.82, 2.24) is 4.98 Å². The average molecular weight is 474 g/mol. The van der Waals surface area contributed by atoms with Gasteiger partial charge >= 0.3 is 0 Å². The SMILES string of the molecule is CC(C)(C(=O)Nc1nc2ccc(Cl)cc2s1)S(=O)(=O)c1ccc(Br)cc1. The van der Waals surface area contributed by atoms with Gasteiger partial charge < -0.3 is 5.32 Å². The summed E-state index contributed by atoms with van der Waals surface area (Å²) in [6.07, 6.45) is 0. The Kier molecular flexibility index (Phi) is 5.13. The summed E-state index contributed by atoms with van der Waals surface area (Å²) in [4.78, 5) is 17.1. The third-order valence-electron chi connectivity index (χ3n) is 3.91. The highest BCUT2D eigenvalue weighted by Crippen LogP contribution is 2.31. The summed E-state index contributed by atoms with van der Waals surface area (Å²) in [6, 6.07) is 11.4. The molecule has 1 N–H and O–H groups in total. The summed E-state index contributed by atoms with van der Waals surface area (Å²) >= 11 is 10.5. The van der Waals surface area contributed by atoms with Gasteiger partial charge in [0, 0.05) is 9.50 Å². The Labute approximate surface area is 168 Å². The Balaban J connectivity index is 1.90. The molecule has 1 aromatic heterocycles. The molecule has 3 aromatic rings. The summed E-state index contributed by atoms with van der Waals surface area (Å²) in [6.45, 7) is 2.76. The van der Waals surface area contributed by atoms with E-state index in [9.17, 15) is 13.2 Å². The predicted octanol–water partition coefficient (Wildman–Crippen LogP) is 4.90. The number of carbonyl (C=O) groups excluding carboxylic acids is 1. The zero-order chi connectivity index (χ0) is 19.1. The van der Waals surface area contributed by atoms with Gasteiger partial charge in [0.05, 0.1) is 15.1 Å². The van der Waals surface area contributed by atoms with Crippen LogP contribution in [0.25, 0.3) is 10.2 Å². The van der Waals surface area contributed by atoms with E-state index in [0.29, 0.717) is 15.7 Å². The Morgan fingerprint density at radius 3 is 2.50 bits per heavy atom. The zero-order valence-corrected chi connectivity index (χ0v) is 17.8. The third kappa shape index (κ3) is 3.51. The van der Waals surface area contributed by atoms with E-state index >= 15 is 0 Å². The fourth-order valence-corrected chi connectivity index (χ4v) is 5.01. The normalized spacial score (nSPS) is 12.3. The molecule has 136 valence electrons. The van der Waals surface area contributed by atoms with Crippen molar-refractivity contribution >= 4 is 70.0 Å². The lowest BCUT2D eigenvalue weighted by molar-refractivity contribution is -0.117. The number of halogens is 2. The lowest BCUT2D eigenvalue weighted by Gasteiger charge is -2.23. The topological polar surface area (TPSA) is 76.1 Å². The minimum atomic E-state index is -3.89. The molecule has 1 heterocycles. The van der Waals surface area contributed by atoms with Crippen molar-refractivity contribution in [1.29, 1.82) is 0 Å². The molecule has 0 radical (unpaired) electrons. The first-order valence-corrected chi connectivity index (χ1v) is 11.0. The largest absolute Gasteiger partial charge is 0.301 e. The molecule has 0 saturated carbocycles. The molecule has 0 aliphatic heterocycles. The molecule has 0 fully saturated rings. The minimum absolute atomic E-state index is 0.0805. The lowest BCUT2D eigenvalue weighted by atomic mass is 10.2. The van der Waals surface area contributed by atoms with Crippen LogP contribution < -0.4 is 5.32 Å². The molecule has 0 aliphatic rings. The van der Waals surface area contributed by atoms with Crippen molar-refractivity contribution in [3.63, 3.8) is 0 Å². The fourth-order valence-electron chi connectivity index (χ4n) is 2.23. The molecule has 9 heteroatoms. The third-order valence-corrected chi connectivity index (χ3v) is 8.03. The first-order chi connectivity index (χ1) is 12.1. The average Bonchev–Trinajstić information content (AvgIpc) is 2.96. The quantitative estimate of drug-likeness (QED) is 0.584. The van der Waals surface area contributed by atoms with Gasteiger partial charge in [-0.25, -0.2) is 13.4 Å². The number of hydrogen-bond acceptors (Lipinski definition) is 5. The van der Waals surface area contributed by atoms with Crippen molar-refractivity contribution in [2.24, 2.45) is 0 Å². The van der Waals surface area contributed by atoms with Crippen molar-refractivity contribution < 1.29 is 13.2 Å². The van der Waals surface area contributed by atoms with Crippen LogP contribution >= 0.6 is 38.9 Å². The van der Waals surface area contributed by atoms with E-state index in [1.54, 1.807) is 30.3 Å². The van der Waals surface area contributed by atoms with Crippen LogP contribution in [0.3, 0.4) is 0 Å². The van der Waals surface area contributed by atoms with Crippen LogP contribution in [0, 0.1) is 0 Å². The Morgan fingerprint density at radius 2 is 1.85 bits per heavy atom. The number of aromatic nitrogens is 1. The molecule has 0 saturated heterocycles. The summed E-state index contributed by atoms with van der Waals surface area (Å²) < 4.78 is 25.7. The van der Waals surface area contributed by atoms with E-state index in [1.165, 1.54) is 37.3 Å². The van der Waals surface area contributed by atoms with Gasteiger partial charge in [0.2, 0.25) is 5.91 Å². The second kappa shape index (κ2) is 6.92. The molecule has 2 aromatic carbocycles. The van der Waals surface area contributed by atoms with Crippen LogP contribution in [0.15, 0.2) is 51.8 Å². The number of nitrogens with one attached hydrogen (secondary N) is 1. The highest BCUT2D eigenvalue weighted by Gasteiger charge is 2.43. The van der Waals surface area contributed by atoms with E-state index in [-0.39, 0.29) is 4.90 Å². The highest BCUT2D eigenvalue weighted by molar-refractivity contribution is 9.10. The Bertz CT molecular complexity index is 1090. The zero-order valence-electron chi connectivity index (χ0n) is 13.8. The van der Waals surface area contributed by atoms with Crippen LogP contribution in [0.2, 0.25) is 5.02 Å². The van der Waals surface area contributed by atoms with Crippen LogP contribution in [0.4, 0.5) is 5.13 Å². The summed E-state index contributed by atoms with van der Waals surface area (Å²) in [5.41, 5.74) is 0.684. The van der Waals surface area contributed by atoms with Crippen molar-refractivity contribution in [3.05, 3.63) is 52.0 Å². The molecule has 0 bridgehead atoms. The first kappa shape index (κ1) is 19.3. The van der Waals surface area contributed by atoms with Gasteiger partial charge in [0.15, 0.2) is 15.0 Å². The fraction of sp³-hybridized carbons (Fsp3) is 0.176. The molecule has 5 nitrogen and oxygen atoms in total. The number of thiazole rings is 1. The van der Waals surface area contributed by atoms with E-state index in [1.807, 2.05) is 0 Å². The van der Waals surface area contributed by atoms with Crippen LogP contribution in [-0.2, 0) is 14.6 Å². The van der Waals surface area contributed by atoms with E-state index < -0.39 is 20.5 Å². The number of nitrogens with zero attached hydrogens (tertiary/aromatic N) is 1. The van der Waals surface area contributed by atoms with Crippen molar-refractivity contribution in [2.75, 3.05) is 5.32 Å². The molecule has 1 amide bonds. The summed E-state index contributed by atoms with van der Waals surface area (Å²) in [5.74, 6) is -0.648. The second-order valence-electron chi connectivity index (χ2n) is 6.05. The van der Waals surface area contributed by atoms with Crippen LogP contribution in [0.5, 0.6) is 0 Å². The van der Waals surface area contributed by atoms with E-state index in [0.717, 1.165) is 9.17 Å². The van der Waals surface area contributed by atoms with Gasteiger partial charge in [0.25, 0.3) is 0 Å². The standard InChI is InChI=1S/C17H14BrClN2O3S2/c1-17(2,26(23,24)12-6-3-10(18)4-7-12)15(22)21-16-20-13-8-5-11(19)9-14(13)25-16/h3-9H,1-2H3,(H,20,21,22). The summed E-state index contributed by atoms with van der Waals surface area (Å²) in [5, 5.41) is 3.51. The van der Waals surface area contributed by atoms with Gasteiger partial charge in [-0.05, 0) is 56.3 Å². The maximum atomic E-state index is 12.9. The number of carbonyl (C=O) groups is 1. The van der Waals surface area contributed by atoms with Gasteiger partial charge in [-0.3, -0.25) is 4.79 Å². The van der Waals surface area contributed by atoms with E-state index in [4.69, 9.17) is 11.6 Å². The first-order valence-electron chi connectivity index (χ1n) is 7.49. The number of benzene rings is 2. The molecular weight excluding hydrogens is 460 g/mol. The molecule has 3 rings (SSSR count). The second-order valence-corrected chi connectivity index (χ2v) is 10.9. The summed E-state index contributed by atoms with van der Waals surface area (Å²) in [7, 11) is -3.89. The molecule has 0 spiro atoms. The van der Waals surface area contributed by atoms with Gasteiger partial charge in [0.1, 0.15) is 4.75 Å². The number of sulfone groups is 1. The minimum Gasteiger partial charge on any atom is -0.301 e. The number of fused-ring (bicyclic) bond motifs is 1. The predicted molar refractivity (Wildman–Crippen MR) is 109 cm³/mol. The smallest absolute Gasteiger partial charge is 0.247 e. The number of amides is 1. The van der Waals surface area contributed by atoms with Crippen molar-refractivity contribution in [2.45, 2.75) is 23.5 Å². The monoisotopic (exact) mass is 472 g/mol. The number of hydrogen-bond donors (Lipinski definition) is 1. The van der Waals surface area contributed by atoms with Crippen LogP contribution in [-0.4, -0.2) is 24.1 Å². The number of anilines is 1. The maximum Gasteiger partial charge on any atom is 0.247 e. The molecular formula is C17H14BrClN2O3S2. The Hall–Kier alpha value is -1.48. The molecule has 0 atom stereocenters. The van der Waals surface area contributed by atoms with Gasteiger partial charge in [-0.2, -0.15) is 0 Å². The van der Waals surface area contributed by atoms with Crippen LogP contribution in [0.1, 0.15) is 13.8 Å². The molecule has 26 heavy (non-hydrogen) atoms. The van der Waals surface area contributed by atoms with Gasteiger partial charge in [-0.15, -0.1) is 0 Å². The number of rotatable bonds is 4. The highest BCUT2D eigenvalue weighted by atomic mass is 79.9. The Morgan fingerprint density at radius 1 is 1.19 bits per heavy atom. The van der Waals surface area contributed by atoms with Gasteiger partial charge in [-0.1, -0.05) is 38.9 Å². The molecule has 0 aliphatic carbocycles. The van der Waals surface area contributed by atoms with Crippen molar-refractivity contribution in [3.8, 4) is 0 Å². The van der Waals surface area contributed by atoms with E-state index in [2.05, 4.69) is 26.2 Å². The molecule has 0 unspecified atom stereocenters. The lowest BCUT2D eigenvalue weighted by Crippen LogP contribution is -2.44.